The predicted octanol–water partition coefficient (Wildman–Crippen LogP) is 4.92. The lowest BCUT2D eigenvalue weighted by molar-refractivity contribution is -0.136. The summed E-state index contributed by atoms with van der Waals surface area (Å²) < 4.78 is 44.1. The Balaban J connectivity index is 1.74. The van der Waals surface area contributed by atoms with Crippen molar-refractivity contribution in [3.05, 3.63) is 60.2 Å². The van der Waals surface area contributed by atoms with Crippen molar-refractivity contribution in [2.24, 2.45) is 0 Å². The van der Waals surface area contributed by atoms with Crippen molar-refractivity contribution in [1.29, 1.82) is 0 Å². The van der Waals surface area contributed by atoms with Gasteiger partial charge < -0.3 is 15.4 Å². The molecule has 0 aliphatic carbocycles. The summed E-state index contributed by atoms with van der Waals surface area (Å²) in [6.07, 6.45) is -4.44. The third kappa shape index (κ3) is 4.03. The monoisotopic (exact) mass is 348 g/mol. The first-order chi connectivity index (χ1) is 12.0. The highest BCUT2D eigenvalue weighted by Gasteiger charge is 2.33. The van der Waals surface area contributed by atoms with E-state index in [1.807, 2.05) is 12.1 Å². The number of anilines is 4. The van der Waals surface area contributed by atoms with Gasteiger partial charge in [-0.05, 0) is 36.4 Å². The van der Waals surface area contributed by atoms with Gasteiger partial charge >= 0.3 is 6.18 Å². The van der Waals surface area contributed by atoms with Gasteiger partial charge in [0, 0.05) is 11.8 Å². The number of halogens is 3. The molecule has 1 aromatic heterocycles. The van der Waals surface area contributed by atoms with Gasteiger partial charge in [0.2, 0.25) is 0 Å². The van der Waals surface area contributed by atoms with Crippen LogP contribution < -0.4 is 15.4 Å². The van der Waals surface area contributed by atoms with Crippen LogP contribution in [0.5, 0.6) is 5.75 Å². The average molecular weight is 348 g/mol. The number of hydrogen-bond acceptors (Lipinski definition) is 4. The summed E-state index contributed by atoms with van der Waals surface area (Å²) in [5, 5.41) is 12.5. The van der Waals surface area contributed by atoms with Crippen LogP contribution in [-0.2, 0) is 6.18 Å². The molecule has 0 spiro atoms. The van der Waals surface area contributed by atoms with Crippen LogP contribution in [0.15, 0.2) is 54.6 Å². The van der Waals surface area contributed by atoms with Crippen LogP contribution in [0, 0.1) is 0 Å². The fraction of sp³-hybridized carbons (Fsp3) is 0.118. The summed E-state index contributed by atoms with van der Waals surface area (Å²) >= 11 is 0. The van der Waals surface area contributed by atoms with Gasteiger partial charge in [-0.2, -0.15) is 18.3 Å². The number of rotatable bonds is 5. The van der Waals surface area contributed by atoms with Crippen molar-refractivity contribution < 1.29 is 17.9 Å². The zero-order valence-electron chi connectivity index (χ0n) is 13.2. The van der Waals surface area contributed by atoms with Crippen LogP contribution >= 0.6 is 0 Å². The molecule has 8 heteroatoms. The smallest absolute Gasteiger partial charge is 0.418 e. The van der Waals surface area contributed by atoms with Crippen LogP contribution in [0.4, 0.5) is 36.2 Å². The summed E-state index contributed by atoms with van der Waals surface area (Å²) in [5.74, 6) is 1.53. The summed E-state index contributed by atoms with van der Waals surface area (Å²) in [6, 6.07) is 14.0. The lowest BCUT2D eigenvalue weighted by Gasteiger charge is -2.12. The van der Waals surface area contributed by atoms with E-state index in [1.165, 1.54) is 18.2 Å². The number of hydrogen-bond donors (Lipinski definition) is 3. The minimum atomic E-state index is -4.44. The lowest BCUT2D eigenvalue weighted by atomic mass is 10.1. The molecule has 25 heavy (non-hydrogen) atoms. The topological polar surface area (TPSA) is 62.0 Å². The maximum atomic E-state index is 13.0. The highest BCUT2D eigenvalue weighted by molar-refractivity contribution is 5.66. The summed E-state index contributed by atoms with van der Waals surface area (Å²) in [4.78, 5) is 0. The second-order valence-electron chi connectivity index (χ2n) is 5.19. The predicted molar refractivity (Wildman–Crippen MR) is 89.6 cm³/mol. The summed E-state index contributed by atoms with van der Waals surface area (Å²) in [5.41, 5.74) is -0.0214. The standard InChI is InChI=1S/C17H15F3N4O/c1-25-12-8-6-11(7-9-12)21-15-10-16(24-23-15)22-14-5-3-2-4-13(14)17(18,19)20/h2-10H,1H3,(H3,21,22,23,24). The number of aromatic amines is 1. The molecule has 3 aromatic rings. The summed E-state index contributed by atoms with van der Waals surface area (Å²) in [7, 11) is 1.58. The minimum absolute atomic E-state index is 0.0579. The van der Waals surface area contributed by atoms with Crippen LogP contribution in [0.1, 0.15) is 5.56 Å². The van der Waals surface area contributed by atoms with Crippen molar-refractivity contribution in [1.82, 2.24) is 10.2 Å². The highest BCUT2D eigenvalue weighted by atomic mass is 19.4. The largest absolute Gasteiger partial charge is 0.497 e. The van der Waals surface area contributed by atoms with E-state index < -0.39 is 11.7 Å². The number of nitrogens with zero attached hydrogens (tertiary/aromatic N) is 1. The van der Waals surface area contributed by atoms with Gasteiger partial charge in [-0.25, -0.2) is 0 Å². The first-order valence-corrected chi connectivity index (χ1v) is 7.35. The molecule has 0 amide bonds. The quantitative estimate of drug-likeness (QED) is 0.612. The Morgan fingerprint density at radius 2 is 1.72 bits per heavy atom. The molecule has 0 aliphatic heterocycles. The fourth-order valence-corrected chi connectivity index (χ4v) is 2.26. The van der Waals surface area contributed by atoms with Crippen LogP contribution in [-0.4, -0.2) is 17.3 Å². The van der Waals surface area contributed by atoms with E-state index >= 15 is 0 Å². The third-order valence-electron chi connectivity index (χ3n) is 3.44. The molecule has 1 heterocycles. The number of alkyl halides is 3. The molecule has 0 saturated carbocycles. The van der Waals surface area contributed by atoms with E-state index in [4.69, 9.17) is 4.74 Å². The highest BCUT2D eigenvalue weighted by Crippen LogP contribution is 2.35. The second-order valence-corrected chi connectivity index (χ2v) is 5.19. The fourth-order valence-electron chi connectivity index (χ4n) is 2.26. The van der Waals surface area contributed by atoms with Gasteiger partial charge in [-0.1, -0.05) is 12.1 Å². The number of methoxy groups -OCH3 is 1. The molecule has 0 saturated heterocycles. The minimum Gasteiger partial charge on any atom is -0.497 e. The van der Waals surface area contributed by atoms with Gasteiger partial charge in [0.15, 0.2) is 5.82 Å². The molecule has 5 nitrogen and oxygen atoms in total. The summed E-state index contributed by atoms with van der Waals surface area (Å²) in [6.45, 7) is 0. The molecule has 130 valence electrons. The maximum absolute atomic E-state index is 13.0. The third-order valence-corrected chi connectivity index (χ3v) is 3.44. The van der Waals surface area contributed by atoms with Crippen LogP contribution in [0.3, 0.4) is 0 Å². The van der Waals surface area contributed by atoms with E-state index in [2.05, 4.69) is 20.8 Å². The van der Waals surface area contributed by atoms with Gasteiger partial charge in [0.05, 0.1) is 18.4 Å². The first-order valence-electron chi connectivity index (χ1n) is 7.35. The Morgan fingerprint density at radius 1 is 1.00 bits per heavy atom. The van der Waals surface area contributed by atoms with Crippen molar-refractivity contribution in [3.63, 3.8) is 0 Å². The van der Waals surface area contributed by atoms with E-state index in [1.54, 1.807) is 25.3 Å². The van der Waals surface area contributed by atoms with Crippen molar-refractivity contribution in [2.75, 3.05) is 17.7 Å². The van der Waals surface area contributed by atoms with E-state index in [9.17, 15) is 13.2 Å². The Hall–Kier alpha value is -3.16. The number of aromatic nitrogens is 2. The molecule has 0 fully saturated rings. The molecular formula is C17H15F3N4O. The SMILES string of the molecule is COc1ccc(Nc2cc(Nc3ccccc3C(F)(F)F)n[nH]2)cc1. The normalized spacial score (nSPS) is 11.2. The van der Waals surface area contributed by atoms with Crippen molar-refractivity contribution >= 4 is 23.0 Å². The van der Waals surface area contributed by atoms with Gasteiger partial charge in [-0.15, -0.1) is 0 Å². The molecule has 0 atom stereocenters. The molecule has 3 rings (SSSR count). The molecule has 0 aliphatic rings. The Bertz CT molecular complexity index is 844. The Morgan fingerprint density at radius 3 is 2.40 bits per heavy atom. The van der Waals surface area contributed by atoms with E-state index in [0.717, 1.165) is 17.5 Å². The zero-order chi connectivity index (χ0) is 17.9. The molecule has 0 bridgehead atoms. The van der Waals surface area contributed by atoms with Crippen LogP contribution in [0.25, 0.3) is 0 Å². The Kier molecular flexibility index (Phi) is 4.51. The van der Waals surface area contributed by atoms with E-state index in [-0.39, 0.29) is 11.5 Å². The maximum Gasteiger partial charge on any atom is 0.418 e. The van der Waals surface area contributed by atoms with Crippen molar-refractivity contribution in [2.45, 2.75) is 6.18 Å². The number of benzene rings is 2. The zero-order valence-corrected chi connectivity index (χ0v) is 13.2. The number of H-pyrrole nitrogens is 1. The number of para-hydroxylation sites is 1. The molecule has 0 radical (unpaired) electrons. The average Bonchev–Trinajstić information content (AvgIpc) is 3.02. The molecule has 0 unspecified atom stereocenters. The Labute approximate surface area is 141 Å². The molecule has 2 aromatic carbocycles. The van der Waals surface area contributed by atoms with Crippen LogP contribution in [0.2, 0.25) is 0 Å². The second kappa shape index (κ2) is 6.76. The van der Waals surface area contributed by atoms with E-state index in [0.29, 0.717) is 5.82 Å². The number of ether oxygens (including phenoxy) is 1. The lowest BCUT2D eigenvalue weighted by Crippen LogP contribution is -2.08. The first kappa shape index (κ1) is 16.7. The van der Waals surface area contributed by atoms with Gasteiger partial charge in [0.1, 0.15) is 11.6 Å². The van der Waals surface area contributed by atoms with Gasteiger partial charge in [0.25, 0.3) is 0 Å². The number of nitrogens with one attached hydrogen (secondary N) is 3. The van der Waals surface area contributed by atoms with Gasteiger partial charge in [-0.3, -0.25) is 5.10 Å². The molecular weight excluding hydrogens is 333 g/mol. The van der Waals surface area contributed by atoms with Crippen molar-refractivity contribution in [3.8, 4) is 5.75 Å². The molecule has 3 N–H and O–H groups in total.